The average Bonchev–Trinajstić information content (AvgIpc) is 2.39. The largest absolute Gasteiger partial charge is 0.493 e. The van der Waals surface area contributed by atoms with Crippen LogP contribution in [0.2, 0.25) is 0 Å². The highest BCUT2D eigenvalue weighted by Crippen LogP contribution is 2.26. The van der Waals surface area contributed by atoms with E-state index in [1.54, 1.807) is 6.92 Å². The van der Waals surface area contributed by atoms with E-state index in [1.165, 1.54) is 18.2 Å². The topological polar surface area (TPSA) is 53.2 Å². The molecule has 0 aliphatic rings. The summed E-state index contributed by atoms with van der Waals surface area (Å²) < 4.78 is 18.7. The van der Waals surface area contributed by atoms with Crippen molar-refractivity contribution in [3.63, 3.8) is 0 Å². The van der Waals surface area contributed by atoms with Gasteiger partial charge in [-0.05, 0) is 58.2 Å². The van der Waals surface area contributed by atoms with Gasteiger partial charge in [-0.25, -0.2) is 4.39 Å². The van der Waals surface area contributed by atoms with Crippen LogP contribution in [0.3, 0.4) is 0 Å². The molecule has 0 bridgehead atoms. The number of unbranched alkanes of at least 4 members (excludes halogenated alkanes) is 1. The van der Waals surface area contributed by atoms with Crippen LogP contribution in [0.1, 0.15) is 51.7 Å². The molecular formula is C16H22FNO2. The lowest BCUT2D eigenvalue weighted by atomic mass is 9.89. The summed E-state index contributed by atoms with van der Waals surface area (Å²) in [6.07, 6.45) is 1.77. The van der Waals surface area contributed by atoms with Crippen molar-refractivity contribution in [1.29, 1.82) is 5.26 Å². The molecule has 0 fully saturated rings. The number of rotatable bonds is 7. The third kappa shape index (κ3) is 5.18. The first kappa shape index (κ1) is 16.5. The molecule has 1 aromatic carbocycles. The second-order valence-corrected chi connectivity index (χ2v) is 5.66. The van der Waals surface area contributed by atoms with E-state index in [0.29, 0.717) is 17.9 Å². The zero-order chi connectivity index (χ0) is 15.2. The third-order valence-electron chi connectivity index (χ3n) is 3.18. The van der Waals surface area contributed by atoms with E-state index in [0.717, 1.165) is 19.3 Å². The summed E-state index contributed by atoms with van der Waals surface area (Å²) in [5.41, 5.74) is 0.156. The Morgan fingerprint density at radius 3 is 2.70 bits per heavy atom. The zero-order valence-corrected chi connectivity index (χ0v) is 12.3. The fourth-order valence-electron chi connectivity index (χ4n) is 1.88. The van der Waals surface area contributed by atoms with Crippen molar-refractivity contribution >= 4 is 0 Å². The van der Waals surface area contributed by atoms with Crippen LogP contribution in [0, 0.1) is 22.6 Å². The van der Waals surface area contributed by atoms with Crippen molar-refractivity contribution in [2.24, 2.45) is 5.41 Å². The Hall–Kier alpha value is -1.60. The first-order valence-electron chi connectivity index (χ1n) is 6.87. The SMILES string of the molecule is C[C@H](O)c1cc(F)ccc1OCCCCC(C)(C)C#N. The van der Waals surface area contributed by atoms with Crippen molar-refractivity contribution in [1.82, 2.24) is 0 Å². The first-order valence-corrected chi connectivity index (χ1v) is 6.87. The van der Waals surface area contributed by atoms with E-state index in [4.69, 9.17) is 10.00 Å². The maximum atomic E-state index is 13.1. The minimum Gasteiger partial charge on any atom is -0.493 e. The third-order valence-corrected chi connectivity index (χ3v) is 3.18. The number of hydrogen-bond donors (Lipinski definition) is 1. The van der Waals surface area contributed by atoms with Gasteiger partial charge in [0.25, 0.3) is 0 Å². The molecule has 0 aliphatic heterocycles. The van der Waals surface area contributed by atoms with Crippen LogP contribution >= 0.6 is 0 Å². The van der Waals surface area contributed by atoms with E-state index < -0.39 is 6.10 Å². The highest BCUT2D eigenvalue weighted by molar-refractivity contribution is 5.35. The van der Waals surface area contributed by atoms with E-state index in [2.05, 4.69) is 6.07 Å². The number of benzene rings is 1. The van der Waals surface area contributed by atoms with Crippen molar-refractivity contribution in [3.8, 4) is 11.8 Å². The maximum Gasteiger partial charge on any atom is 0.125 e. The molecule has 1 N–H and O–H groups in total. The predicted molar refractivity (Wildman–Crippen MR) is 75.8 cm³/mol. The minimum atomic E-state index is -0.766. The van der Waals surface area contributed by atoms with Gasteiger partial charge in [0.15, 0.2) is 0 Å². The molecule has 0 unspecified atom stereocenters. The number of nitriles is 1. The van der Waals surface area contributed by atoms with Crippen LogP contribution in [-0.2, 0) is 0 Å². The second kappa shape index (κ2) is 7.25. The van der Waals surface area contributed by atoms with Crippen LogP contribution in [0.25, 0.3) is 0 Å². The Bertz CT molecular complexity index is 478. The standard InChI is InChI=1S/C16H22FNO2/c1-12(19)14-10-13(17)6-7-15(14)20-9-5-4-8-16(2,3)11-18/h6-7,10,12,19H,4-5,8-9H2,1-3H3/t12-/m0/s1. The molecule has 1 atom stereocenters. The maximum absolute atomic E-state index is 13.1. The van der Waals surface area contributed by atoms with Gasteiger partial charge < -0.3 is 9.84 Å². The number of ether oxygens (including phenoxy) is 1. The summed E-state index contributed by atoms with van der Waals surface area (Å²) in [6.45, 7) is 5.91. The minimum absolute atomic E-state index is 0.305. The number of halogens is 1. The number of hydrogen-bond acceptors (Lipinski definition) is 3. The summed E-state index contributed by atoms with van der Waals surface area (Å²) in [7, 11) is 0. The van der Waals surface area contributed by atoms with Gasteiger partial charge in [-0.3, -0.25) is 0 Å². The zero-order valence-electron chi connectivity index (χ0n) is 12.3. The van der Waals surface area contributed by atoms with E-state index in [9.17, 15) is 9.50 Å². The molecule has 0 aliphatic carbocycles. The first-order chi connectivity index (χ1) is 9.35. The molecule has 0 amide bonds. The summed E-state index contributed by atoms with van der Waals surface area (Å²) in [5, 5.41) is 18.5. The van der Waals surface area contributed by atoms with Gasteiger partial charge in [0.1, 0.15) is 11.6 Å². The van der Waals surface area contributed by atoms with E-state index >= 15 is 0 Å². The van der Waals surface area contributed by atoms with Crippen molar-refractivity contribution in [2.45, 2.75) is 46.1 Å². The molecule has 1 rings (SSSR count). The Kier molecular flexibility index (Phi) is 5.97. The molecule has 20 heavy (non-hydrogen) atoms. The highest BCUT2D eigenvalue weighted by atomic mass is 19.1. The fourth-order valence-corrected chi connectivity index (χ4v) is 1.88. The number of nitrogens with zero attached hydrogens (tertiary/aromatic N) is 1. The molecule has 0 saturated carbocycles. The molecule has 3 nitrogen and oxygen atoms in total. The van der Waals surface area contributed by atoms with E-state index in [-0.39, 0.29) is 11.2 Å². The van der Waals surface area contributed by atoms with Gasteiger partial charge >= 0.3 is 0 Å². The summed E-state index contributed by atoms with van der Waals surface area (Å²) in [4.78, 5) is 0. The van der Waals surface area contributed by atoms with Gasteiger partial charge in [0, 0.05) is 5.56 Å². The normalized spacial score (nSPS) is 12.8. The smallest absolute Gasteiger partial charge is 0.125 e. The quantitative estimate of drug-likeness (QED) is 0.768. The average molecular weight is 279 g/mol. The monoisotopic (exact) mass is 279 g/mol. The Balaban J connectivity index is 2.45. The molecule has 110 valence electrons. The molecular weight excluding hydrogens is 257 g/mol. The van der Waals surface area contributed by atoms with Crippen LogP contribution in [-0.4, -0.2) is 11.7 Å². The summed E-state index contributed by atoms with van der Waals surface area (Å²) >= 11 is 0. The predicted octanol–water partition coefficient (Wildman–Crippen LogP) is 3.98. The number of aliphatic hydroxyl groups is 1. The molecule has 0 heterocycles. The Morgan fingerprint density at radius 2 is 2.10 bits per heavy atom. The molecule has 0 radical (unpaired) electrons. The molecule has 4 heteroatoms. The van der Waals surface area contributed by atoms with Crippen LogP contribution in [0.4, 0.5) is 4.39 Å². The summed E-state index contributed by atoms with van der Waals surface area (Å²) in [5.74, 6) is 0.130. The van der Waals surface area contributed by atoms with Crippen LogP contribution < -0.4 is 4.74 Å². The molecule has 1 aromatic rings. The number of aliphatic hydroxyl groups excluding tert-OH is 1. The Morgan fingerprint density at radius 1 is 1.40 bits per heavy atom. The van der Waals surface area contributed by atoms with Gasteiger partial charge in [-0.1, -0.05) is 0 Å². The van der Waals surface area contributed by atoms with Crippen molar-refractivity contribution < 1.29 is 14.2 Å². The van der Waals surface area contributed by atoms with Gasteiger partial charge in [0.2, 0.25) is 0 Å². The second-order valence-electron chi connectivity index (χ2n) is 5.66. The lowest BCUT2D eigenvalue weighted by Gasteiger charge is -2.16. The van der Waals surface area contributed by atoms with Crippen LogP contribution in [0.5, 0.6) is 5.75 Å². The highest BCUT2D eigenvalue weighted by Gasteiger charge is 2.15. The lowest BCUT2D eigenvalue weighted by Crippen LogP contribution is -2.09. The van der Waals surface area contributed by atoms with Gasteiger partial charge in [-0.2, -0.15) is 5.26 Å². The molecule has 0 saturated heterocycles. The Labute approximate surface area is 120 Å². The van der Waals surface area contributed by atoms with Crippen LogP contribution in [0.15, 0.2) is 18.2 Å². The van der Waals surface area contributed by atoms with Gasteiger partial charge in [-0.15, -0.1) is 0 Å². The fraction of sp³-hybridized carbons (Fsp3) is 0.562. The molecule has 0 spiro atoms. The van der Waals surface area contributed by atoms with Gasteiger partial charge in [0.05, 0.1) is 24.2 Å². The molecule has 0 aromatic heterocycles. The van der Waals surface area contributed by atoms with E-state index in [1.807, 2.05) is 13.8 Å². The van der Waals surface area contributed by atoms with Crippen molar-refractivity contribution in [3.05, 3.63) is 29.6 Å². The lowest BCUT2D eigenvalue weighted by molar-refractivity contribution is 0.190. The van der Waals surface area contributed by atoms with Crippen molar-refractivity contribution in [2.75, 3.05) is 6.61 Å². The summed E-state index contributed by atoms with van der Waals surface area (Å²) in [6, 6.07) is 6.41.